The molecule has 5 heteroatoms. The summed E-state index contributed by atoms with van der Waals surface area (Å²) < 4.78 is 2.11. The van der Waals surface area contributed by atoms with Crippen molar-refractivity contribution in [1.29, 1.82) is 0 Å². The van der Waals surface area contributed by atoms with Gasteiger partial charge in [-0.1, -0.05) is 19.3 Å². The van der Waals surface area contributed by atoms with Crippen molar-refractivity contribution >= 4 is 0 Å². The first-order valence-corrected chi connectivity index (χ1v) is 9.30. The van der Waals surface area contributed by atoms with E-state index in [9.17, 15) is 0 Å². The van der Waals surface area contributed by atoms with Gasteiger partial charge in [0.25, 0.3) is 0 Å². The Labute approximate surface area is 144 Å². The minimum atomic E-state index is 0.583. The molecule has 0 amide bonds. The Morgan fingerprint density at radius 2 is 1.75 bits per heavy atom. The normalized spacial score (nSPS) is 19.1. The number of imidazole rings is 1. The van der Waals surface area contributed by atoms with E-state index in [0.29, 0.717) is 12.0 Å². The highest BCUT2D eigenvalue weighted by Gasteiger charge is 2.30. The maximum absolute atomic E-state index is 4.69. The summed E-state index contributed by atoms with van der Waals surface area (Å²) in [6.07, 6.45) is 17.1. The highest BCUT2D eigenvalue weighted by molar-refractivity contribution is 5.09. The summed E-state index contributed by atoms with van der Waals surface area (Å²) in [6, 6.07) is 0.694. The van der Waals surface area contributed by atoms with Crippen LogP contribution in [0, 0.1) is 0 Å². The topological polar surface area (TPSA) is 46.8 Å². The molecular formula is C19H27N5. The molecule has 4 rings (SSSR count). The fraction of sp³-hybridized carbons (Fsp3) is 0.632. The van der Waals surface area contributed by atoms with E-state index in [2.05, 4.69) is 21.5 Å². The van der Waals surface area contributed by atoms with Gasteiger partial charge in [0, 0.05) is 55.9 Å². The Bertz CT molecular complexity index is 653. The molecule has 5 nitrogen and oxygen atoms in total. The molecule has 128 valence electrons. The summed E-state index contributed by atoms with van der Waals surface area (Å²) in [5.74, 6) is 2.77. The molecule has 0 N–H and O–H groups in total. The largest absolute Gasteiger partial charge is 0.337 e. The lowest BCUT2D eigenvalue weighted by Crippen LogP contribution is -2.26. The van der Waals surface area contributed by atoms with E-state index < -0.39 is 0 Å². The molecule has 0 aromatic carbocycles. The van der Waals surface area contributed by atoms with Gasteiger partial charge in [0.15, 0.2) is 0 Å². The van der Waals surface area contributed by atoms with Crippen LogP contribution in [-0.4, -0.2) is 30.5 Å². The van der Waals surface area contributed by atoms with Gasteiger partial charge < -0.3 is 4.57 Å². The number of aryl methyl sites for hydroxylation is 1. The average molecular weight is 325 g/mol. The minimum Gasteiger partial charge on any atom is -0.337 e. The van der Waals surface area contributed by atoms with Gasteiger partial charge in [-0.15, -0.1) is 0 Å². The number of hydrogen-bond donors (Lipinski definition) is 0. The molecule has 2 aromatic heterocycles. The highest BCUT2D eigenvalue weighted by Crippen LogP contribution is 2.31. The van der Waals surface area contributed by atoms with Crippen molar-refractivity contribution in [1.82, 2.24) is 24.4 Å². The summed E-state index contributed by atoms with van der Waals surface area (Å²) in [5, 5.41) is 0. The number of hydrogen-bond acceptors (Lipinski definition) is 4. The standard InChI is InChI=1S/C19H27N5/c1-23-10-9-20-18(23)14-24(17-7-8-17)13-15-11-21-19(22-12-15)16-5-3-2-4-6-16/h9-12,16-17H,2-8,13-14H2,1H3. The Morgan fingerprint density at radius 3 is 2.38 bits per heavy atom. The second kappa shape index (κ2) is 7.01. The maximum atomic E-state index is 4.69. The summed E-state index contributed by atoms with van der Waals surface area (Å²) in [5.41, 5.74) is 1.22. The summed E-state index contributed by atoms with van der Waals surface area (Å²) in [6.45, 7) is 1.82. The van der Waals surface area contributed by atoms with Crippen LogP contribution in [0.25, 0.3) is 0 Å². The van der Waals surface area contributed by atoms with Gasteiger partial charge in [-0.2, -0.15) is 0 Å². The molecule has 0 radical (unpaired) electrons. The van der Waals surface area contributed by atoms with Crippen molar-refractivity contribution in [3.8, 4) is 0 Å². The maximum Gasteiger partial charge on any atom is 0.131 e. The Morgan fingerprint density at radius 1 is 1.00 bits per heavy atom. The predicted molar refractivity (Wildman–Crippen MR) is 93.3 cm³/mol. The van der Waals surface area contributed by atoms with Crippen molar-refractivity contribution in [3.63, 3.8) is 0 Å². The smallest absolute Gasteiger partial charge is 0.131 e. The zero-order chi connectivity index (χ0) is 16.4. The molecule has 2 fully saturated rings. The zero-order valence-electron chi connectivity index (χ0n) is 14.6. The number of rotatable bonds is 6. The third-order valence-corrected chi connectivity index (χ3v) is 5.41. The van der Waals surface area contributed by atoms with Gasteiger partial charge in [0.2, 0.25) is 0 Å². The number of nitrogens with zero attached hydrogens (tertiary/aromatic N) is 5. The van der Waals surface area contributed by atoms with Crippen LogP contribution < -0.4 is 0 Å². The molecular weight excluding hydrogens is 298 g/mol. The minimum absolute atomic E-state index is 0.583. The molecule has 0 bridgehead atoms. The van der Waals surface area contributed by atoms with Crippen LogP contribution in [0.15, 0.2) is 24.8 Å². The van der Waals surface area contributed by atoms with Gasteiger partial charge in [0.1, 0.15) is 11.6 Å². The van der Waals surface area contributed by atoms with Crippen molar-refractivity contribution in [3.05, 3.63) is 42.0 Å². The van der Waals surface area contributed by atoms with Crippen molar-refractivity contribution < 1.29 is 0 Å². The Hall–Kier alpha value is -1.75. The first-order chi connectivity index (χ1) is 11.8. The van der Waals surface area contributed by atoms with Crippen molar-refractivity contribution in [2.75, 3.05) is 0 Å². The van der Waals surface area contributed by atoms with Gasteiger partial charge >= 0.3 is 0 Å². The molecule has 2 heterocycles. The van der Waals surface area contributed by atoms with Crippen LogP contribution in [0.1, 0.15) is 68.1 Å². The van der Waals surface area contributed by atoms with E-state index in [1.54, 1.807) is 0 Å². The third-order valence-electron chi connectivity index (χ3n) is 5.41. The Kier molecular flexibility index (Phi) is 4.60. The SMILES string of the molecule is Cn1ccnc1CN(Cc1cnc(C2CCCCC2)nc1)C1CC1. The molecule has 0 aliphatic heterocycles. The van der Waals surface area contributed by atoms with Crippen LogP contribution in [0.2, 0.25) is 0 Å². The second-order valence-corrected chi connectivity index (χ2v) is 7.37. The lowest BCUT2D eigenvalue weighted by atomic mass is 9.89. The average Bonchev–Trinajstić information content (AvgIpc) is 3.40. The Balaban J connectivity index is 1.41. The molecule has 0 atom stereocenters. The van der Waals surface area contributed by atoms with Crippen LogP contribution in [0.4, 0.5) is 0 Å². The van der Waals surface area contributed by atoms with Crippen LogP contribution >= 0.6 is 0 Å². The van der Waals surface area contributed by atoms with Gasteiger partial charge in [-0.05, 0) is 25.7 Å². The van der Waals surface area contributed by atoms with E-state index in [0.717, 1.165) is 24.7 Å². The molecule has 2 aliphatic carbocycles. The monoisotopic (exact) mass is 325 g/mol. The van der Waals surface area contributed by atoms with Gasteiger partial charge in [-0.3, -0.25) is 4.90 Å². The molecule has 2 saturated carbocycles. The zero-order valence-corrected chi connectivity index (χ0v) is 14.6. The second-order valence-electron chi connectivity index (χ2n) is 7.37. The van der Waals surface area contributed by atoms with Crippen LogP contribution in [0.5, 0.6) is 0 Å². The van der Waals surface area contributed by atoms with E-state index in [-0.39, 0.29) is 0 Å². The van der Waals surface area contributed by atoms with E-state index in [1.165, 1.54) is 50.5 Å². The van der Waals surface area contributed by atoms with E-state index >= 15 is 0 Å². The lowest BCUT2D eigenvalue weighted by Gasteiger charge is -2.22. The first-order valence-electron chi connectivity index (χ1n) is 9.30. The molecule has 2 aromatic rings. The van der Waals surface area contributed by atoms with Gasteiger partial charge in [0.05, 0.1) is 6.54 Å². The summed E-state index contributed by atoms with van der Waals surface area (Å²) in [4.78, 5) is 16.4. The third kappa shape index (κ3) is 3.66. The van der Waals surface area contributed by atoms with E-state index in [1.807, 2.05) is 24.8 Å². The highest BCUT2D eigenvalue weighted by atomic mass is 15.2. The number of aromatic nitrogens is 4. The van der Waals surface area contributed by atoms with Crippen molar-refractivity contribution in [2.45, 2.75) is 70.0 Å². The molecule has 0 unspecified atom stereocenters. The fourth-order valence-corrected chi connectivity index (χ4v) is 3.74. The quantitative estimate of drug-likeness (QED) is 0.816. The van der Waals surface area contributed by atoms with E-state index in [4.69, 9.17) is 9.97 Å². The molecule has 0 spiro atoms. The predicted octanol–water partition coefficient (Wildman–Crippen LogP) is 3.42. The van der Waals surface area contributed by atoms with Crippen LogP contribution in [-0.2, 0) is 20.1 Å². The molecule has 24 heavy (non-hydrogen) atoms. The van der Waals surface area contributed by atoms with Gasteiger partial charge in [-0.25, -0.2) is 15.0 Å². The fourth-order valence-electron chi connectivity index (χ4n) is 3.74. The summed E-state index contributed by atoms with van der Waals surface area (Å²) >= 11 is 0. The van der Waals surface area contributed by atoms with Crippen LogP contribution in [0.3, 0.4) is 0 Å². The first kappa shape index (κ1) is 15.8. The summed E-state index contributed by atoms with van der Waals surface area (Å²) in [7, 11) is 2.06. The molecule has 0 saturated heterocycles. The van der Waals surface area contributed by atoms with Crippen molar-refractivity contribution in [2.24, 2.45) is 7.05 Å². The molecule has 2 aliphatic rings. The lowest BCUT2D eigenvalue weighted by molar-refractivity contribution is 0.236.